The Morgan fingerprint density at radius 1 is 1.25 bits per heavy atom. The summed E-state index contributed by atoms with van der Waals surface area (Å²) in [6.45, 7) is 8.92. The van der Waals surface area contributed by atoms with Crippen molar-refractivity contribution < 1.29 is 9.53 Å². The zero-order valence-electron chi connectivity index (χ0n) is 12.9. The molecule has 1 amide bonds. The molecule has 2 aliphatic heterocycles. The number of carbonyl (C=O) groups excluding carboxylic acids is 1. The molecule has 2 rings (SSSR count). The number of carbonyl (C=O) groups is 1. The van der Waals surface area contributed by atoms with E-state index >= 15 is 0 Å². The lowest BCUT2D eigenvalue weighted by molar-refractivity contribution is -0.145. The van der Waals surface area contributed by atoms with E-state index in [1.54, 1.807) is 0 Å². The predicted octanol–water partition coefficient (Wildman–Crippen LogP) is 2.21. The Bertz CT molecular complexity index is 298. The van der Waals surface area contributed by atoms with Crippen molar-refractivity contribution in [3.05, 3.63) is 0 Å². The number of nitrogens with zero attached hydrogens (tertiary/aromatic N) is 1. The number of amides is 1. The van der Waals surface area contributed by atoms with Gasteiger partial charge in [-0.05, 0) is 45.1 Å². The number of fused-ring (bicyclic) bond motifs is 2. The molecule has 2 aliphatic rings. The Balaban J connectivity index is 0.00000200. The predicted molar refractivity (Wildman–Crippen MR) is 83.3 cm³/mol. The van der Waals surface area contributed by atoms with Crippen molar-refractivity contribution in [3.63, 3.8) is 0 Å². The smallest absolute Gasteiger partial charge is 0.251 e. The monoisotopic (exact) mass is 304 g/mol. The highest BCUT2D eigenvalue weighted by atomic mass is 35.5. The van der Waals surface area contributed by atoms with E-state index in [-0.39, 0.29) is 24.4 Å². The third-order valence-corrected chi connectivity index (χ3v) is 4.32. The van der Waals surface area contributed by atoms with Crippen LogP contribution in [0.2, 0.25) is 0 Å². The lowest BCUT2D eigenvalue weighted by Crippen LogP contribution is -2.47. The molecule has 0 aromatic carbocycles. The molecule has 2 fully saturated rings. The molecule has 2 bridgehead atoms. The molecule has 3 unspecified atom stereocenters. The second-order valence-corrected chi connectivity index (χ2v) is 6.32. The number of hydrogen-bond acceptors (Lipinski definition) is 3. The molecule has 2 heterocycles. The third kappa shape index (κ3) is 4.34. The summed E-state index contributed by atoms with van der Waals surface area (Å²) in [6.07, 6.45) is 4.12. The molecule has 0 aromatic rings. The van der Waals surface area contributed by atoms with Crippen LogP contribution in [-0.4, -0.2) is 48.7 Å². The van der Waals surface area contributed by atoms with Crippen LogP contribution in [0.25, 0.3) is 0 Å². The molecule has 5 heteroatoms. The quantitative estimate of drug-likeness (QED) is 0.847. The highest BCUT2D eigenvalue weighted by molar-refractivity contribution is 5.85. The number of hydrogen-bond donors (Lipinski definition) is 1. The first-order chi connectivity index (χ1) is 9.09. The molecular weight excluding hydrogens is 276 g/mol. The standard InChI is InChI=1S/C15H28N2O2.ClH/c1-11(2)7-9-19-12(3)15(18)17-13-4-5-14(17)10-16-8-6-13;/h11-14,16H,4-10H2,1-3H3;1H. The van der Waals surface area contributed by atoms with E-state index in [1.165, 1.54) is 0 Å². The maximum Gasteiger partial charge on any atom is 0.251 e. The molecule has 0 saturated carbocycles. The Morgan fingerprint density at radius 2 is 1.95 bits per heavy atom. The minimum atomic E-state index is -0.292. The molecule has 0 aliphatic carbocycles. The van der Waals surface area contributed by atoms with Gasteiger partial charge >= 0.3 is 0 Å². The van der Waals surface area contributed by atoms with E-state index < -0.39 is 0 Å². The van der Waals surface area contributed by atoms with Crippen molar-refractivity contribution in [2.75, 3.05) is 19.7 Å². The zero-order chi connectivity index (χ0) is 13.8. The molecular formula is C15H29ClN2O2. The van der Waals surface area contributed by atoms with Gasteiger partial charge in [0.05, 0.1) is 0 Å². The zero-order valence-corrected chi connectivity index (χ0v) is 13.7. The Labute approximate surface area is 129 Å². The van der Waals surface area contributed by atoms with Crippen LogP contribution in [0, 0.1) is 5.92 Å². The fourth-order valence-electron chi connectivity index (χ4n) is 3.10. The fraction of sp³-hybridized carbons (Fsp3) is 0.933. The van der Waals surface area contributed by atoms with Gasteiger partial charge in [-0.2, -0.15) is 0 Å². The van der Waals surface area contributed by atoms with Gasteiger partial charge in [-0.15, -0.1) is 12.4 Å². The van der Waals surface area contributed by atoms with Crippen molar-refractivity contribution in [3.8, 4) is 0 Å². The summed E-state index contributed by atoms with van der Waals surface area (Å²) < 4.78 is 5.72. The van der Waals surface area contributed by atoms with E-state index in [0.29, 0.717) is 24.6 Å². The van der Waals surface area contributed by atoms with Crippen LogP contribution in [0.4, 0.5) is 0 Å². The second-order valence-electron chi connectivity index (χ2n) is 6.32. The van der Waals surface area contributed by atoms with Gasteiger partial charge in [0.15, 0.2) is 0 Å². The fourth-order valence-corrected chi connectivity index (χ4v) is 3.10. The largest absolute Gasteiger partial charge is 0.369 e. The normalized spacial score (nSPS) is 27.1. The molecule has 1 N–H and O–H groups in total. The van der Waals surface area contributed by atoms with Gasteiger partial charge in [-0.3, -0.25) is 4.79 Å². The van der Waals surface area contributed by atoms with Crippen LogP contribution >= 0.6 is 12.4 Å². The van der Waals surface area contributed by atoms with Gasteiger partial charge in [0.25, 0.3) is 5.91 Å². The van der Waals surface area contributed by atoms with Crippen LogP contribution in [0.5, 0.6) is 0 Å². The van der Waals surface area contributed by atoms with Gasteiger partial charge < -0.3 is 15.0 Å². The Hall–Kier alpha value is -0.320. The Kier molecular flexibility index (Phi) is 7.27. The van der Waals surface area contributed by atoms with Crippen LogP contribution in [-0.2, 0) is 9.53 Å². The van der Waals surface area contributed by atoms with Gasteiger partial charge in [-0.1, -0.05) is 13.8 Å². The van der Waals surface area contributed by atoms with Crippen molar-refractivity contribution in [1.29, 1.82) is 0 Å². The highest BCUT2D eigenvalue weighted by Gasteiger charge is 2.39. The molecule has 2 saturated heterocycles. The van der Waals surface area contributed by atoms with E-state index in [2.05, 4.69) is 24.1 Å². The number of rotatable bonds is 5. The van der Waals surface area contributed by atoms with Crippen LogP contribution in [0.15, 0.2) is 0 Å². The maximum absolute atomic E-state index is 12.6. The van der Waals surface area contributed by atoms with E-state index in [4.69, 9.17) is 4.74 Å². The van der Waals surface area contributed by atoms with Gasteiger partial charge in [-0.25, -0.2) is 0 Å². The number of nitrogens with one attached hydrogen (secondary N) is 1. The summed E-state index contributed by atoms with van der Waals surface area (Å²) in [5, 5.41) is 3.43. The van der Waals surface area contributed by atoms with Crippen LogP contribution in [0.1, 0.15) is 46.5 Å². The summed E-state index contributed by atoms with van der Waals surface area (Å²) in [5.74, 6) is 0.820. The first-order valence-corrected chi connectivity index (χ1v) is 7.74. The topological polar surface area (TPSA) is 41.6 Å². The third-order valence-electron chi connectivity index (χ3n) is 4.32. The molecule has 0 radical (unpaired) electrons. The summed E-state index contributed by atoms with van der Waals surface area (Å²) in [7, 11) is 0. The average Bonchev–Trinajstić information content (AvgIpc) is 2.61. The molecule has 0 spiro atoms. The highest BCUT2D eigenvalue weighted by Crippen LogP contribution is 2.28. The summed E-state index contributed by atoms with van der Waals surface area (Å²) in [4.78, 5) is 14.7. The maximum atomic E-state index is 12.6. The summed E-state index contributed by atoms with van der Waals surface area (Å²) in [6, 6.07) is 0.819. The second kappa shape index (κ2) is 8.20. The van der Waals surface area contributed by atoms with Crippen molar-refractivity contribution in [2.24, 2.45) is 5.92 Å². The average molecular weight is 305 g/mol. The van der Waals surface area contributed by atoms with Crippen molar-refractivity contribution in [2.45, 2.75) is 64.6 Å². The first kappa shape index (κ1) is 17.7. The van der Waals surface area contributed by atoms with Crippen LogP contribution in [0.3, 0.4) is 0 Å². The number of halogens is 1. The summed E-state index contributed by atoms with van der Waals surface area (Å²) >= 11 is 0. The van der Waals surface area contributed by atoms with Crippen molar-refractivity contribution in [1.82, 2.24) is 10.2 Å². The molecule has 3 atom stereocenters. The van der Waals surface area contributed by atoms with E-state index in [9.17, 15) is 4.79 Å². The molecule has 0 aromatic heterocycles. The van der Waals surface area contributed by atoms with Crippen LogP contribution < -0.4 is 5.32 Å². The minimum absolute atomic E-state index is 0. The minimum Gasteiger partial charge on any atom is -0.369 e. The summed E-state index contributed by atoms with van der Waals surface area (Å²) in [5.41, 5.74) is 0. The van der Waals surface area contributed by atoms with Gasteiger partial charge in [0.2, 0.25) is 0 Å². The lowest BCUT2D eigenvalue weighted by Gasteiger charge is -2.30. The van der Waals surface area contributed by atoms with Gasteiger partial charge in [0, 0.05) is 25.2 Å². The van der Waals surface area contributed by atoms with E-state index in [1.807, 2.05) is 6.92 Å². The number of ether oxygens (including phenoxy) is 1. The van der Waals surface area contributed by atoms with E-state index in [0.717, 1.165) is 38.8 Å². The Morgan fingerprint density at radius 3 is 2.65 bits per heavy atom. The van der Waals surface area contributed by atoms with Crippen molar-refractivity contribution >= 4 is 18.3 Å². The molecule has 118 valence electrons. The lowest BCUT2D eigenvalue weighted by atomic mass is 10.1. The first-order valence-electron chi connectivity index (χ1n) is 7.74. The van der Waals surface area contributed by atoms with Gasteiger partial charge in [0.1, 0.15) is 6.10 Å². The molecule has 20 heavy (non-hydrogen) atoms. The SMILES string of the molecule is CC(C)CCOC(C)C(=O)N1C2CCNCC1CC2.Cl. The molecule has 4 nitrogen and oxygen atoms in total.